The van der Waals surface area contributed by atoms with Gasteiger partial charge in [-0.2, -0.15) is 4.98 Å². The summed E-state index contributed by atoms with van der Waals surface area (Å²) in [5.41, 5.74) is 2.69. The maximum absolute atomic E-state index is 11.9. The van der Waals surface area contributed by atoms with E-state index in [9.17, 15) is 14.7 Å². The average molecular weight is 352 g/mol. The second-order valence-corrected chi connectivity index (χ2v) is 5.69. The number of hydrogen-bond donors (Lipinski definition) is 3. The van der Waals surface area contributed by atoms with Gasteiger partial charge in [0.05, 0.1) is 11.4 Å². The third-order valence-corrected chi connectivity index (χ3v) is 3.76. The van der Waals surface area contributed by atoms with Crippen molar-refractivity contribution in [2.75, 3.05) is 6.61 Å². The summed E-state index contributed by atoms with van der Waals surface area (Å²) in [4.78, 5) is 29.1. The lowest BCUT2D eigenvalue weighted by atomic mass is 10.1. The van der Waals surface area contributed by atoms with E-state index in [0.717, 1.165) is 5.56 Å². The Morgan fingerprint density at radius 2 is 1.81 bits per heavy atom. The molecule has 2 aromatic carbocycles. The number of aromatic amines is 1. The first kappa shape index (κ1) is 17.2. The third kappa shape index (κ3) is 3.89. The molecule has 0 atom stereocenters. The van der Waals surface area contributed by atoms with E-state index >= 15 is 0 Å². The molecule has 3 N–H and O–H groups in total. The van der Waals surface area contributed by atoms with Crippen LogP contribution in [0.1, 0.15) is 5.56 Å². The zero-order valence-corrected chi connectivity index (χ0v) is 13.9. The van der Waals surface area contributed by atoms with Crippen LogP contribution in [-0.4, -0.2) is 32.8 Å². The fourth-order valence-corrected chi connectivity index (χ4v) is 2.45. The zero-order chi connectivity index (χ0) is 18.7. The lowest BCUT2D eigenvalue weighted by Gasteiger charge is -2.08. The van der Waals surface area contributed by atoms with Gasteiger partial charge < -0.3 is 19.9 Å². The van der Waals surface area contributed by atoms with Crippen molar-refractivity contribution in [2.24, 2.45) is 0 Å². The molecular formula is C19H16N2O5. The predicted molar refractivity (Wildman–Crippen MR) is 95.3 cm³/mol. The van der Waals surface area contributed by atoms with Crippen LogP contribution < -0.4 is 10.4 Å². The van der Waals surface area contributed by atoms with Gasteiger partial charge in [0.15, 0.2) is 6.61 Å². The van der Waals surface area contributed by atoms with Crippen LogP contribution in [0.4, 0.5) is 0 Å². The number of carbonyl (C=O) groups is 1. The first-order valence-corrected chi connectivity index (χ1v) is 7.79. The summed E-state index contributed by atoms with van der Waals surface area (Å²) < 4.78 is 5.09. The number of carboxylic acid groups (broad SMARTS) is 1. The van der Waals surface area contributed by atoms with E-state index in [0.29, 0.717) is 28.3 Å². The van der Waals surface area contributed by atoms with Crippen molar-refractivity contribution >= 4 is 5.97 Å². The Kier molecular flexibility index (Phi) is 4.70. The molecule has 3 rings (SSSR count). The fourth-order valence-electron chi connectivity index (χ4n) is 2.45. The number of ether oxygens (including phenoxy) is 1. The van der Waals surface area contributed by atoms with Crippen molar-refractivity contribution < 1.29 is 19.7 Å². The van der Waals surface area contributed by atoms with E-state index in [2.05, 4.69) is 9.97 Å². The molecule has 0 saturated heterocycles. The molecule has 0 saturated carbocycles. The maximum Gasteiger partial charge on any atom is 0.345 e. The van der Waals surface area contributed by atoms with E-state index in [1.54, 1.807) is 55.5 Å². The second kappa shape index (κ2) is 7.10. The number of carboxylic acids is 1. The van der Waals surface area contributed by atoms with Crippen LogP contribution in [0, 0.1) is 6.92 Å². The SMILES string of the molecule is Cc1cc(-c2cc(-c3ccc(OCC(=O)O)cc3)[nH]c(=O)n2)ccc1O. The van der Waals surface area contributed by atoms with Crippen molar-refractivity contribution in [3.05, 3.63) is 64.6 Å². The van der Waals surface area contributed by atoms with Crippen molar-refractivity contribution in [3.8, 4) is 34.0 Å². The molecule has 1 heterocycles. The number of phenols is 1. The molecule has 0 radical (unpaired) electrons. The summed E-state index contributed by atoms with van der Waals surface area (Å²) in [7, 11) is 0. The first-order valence-electron chi connectivity index (χ1n) is 7.79. The molecule has 0 unspecified atom stereocenters. The summed E-state index contributed by atoms with van der Waals surface area (Å²) >= 11 is 0. The van der Waals surface area contributed by atoms with Crippen molar-refractivity contribution in [1.82, 2.24) is 9.97 Å². The van der Waals surface area contributed by atoms with E-state index in [1.165, 1.54) is 0 Å². The average Bonchev–Trinajstić information content (AvgIpc) is 2.62. The van der Waals surface area contributed by atoms with Gasteiger partial charge in [0.1, 0.15) is 11.5 Å². The number of aliphatic carboxylic acids is 1. The molecule has 132 valence electrons. The Morgan fingerprint density at radius 1 is 1.12 bits per heavy atom. The number of H-pyrrole nitrogens is 1. The van der Waals surface area contributed by atoms with Gasteiger partial charge in [-0.3, -0.25) is 0 Å². The number of nitrogens with one attached hydrogen (secondary N) is 1. The summed E-state index contributed by atoms with van der Waals surface area (Å²) in [5, 5.41) is 18.3. The van der Waals surface area contributed by atoms with E-state index in [4.69, 9.17) is 9.84 Å². The van der Waals surface area contributed by atoms with Crippen LogP contribution in [0.5, 0.6) is 11.5 Å². The number of aromatic hydroxyl groups is 1. The summed E-state index contributed by atoms with van der Waals surface area (Å²) in [6.45, 7) is 1.35. The molecule has 3 aromatic rings. The Balaban J connectivity index is 1.93. The minimum atomic E-state index is -1.05. The number of hydrogen-bond acceptors (Lipinski definition) is 5. The van der Waals surface area contributed by atoms with E-state index in [1.807, 2.05) is 0 Å². The molecular weight excluding hydrogens is 336 g/mol. The lowest BCUT2D eigenvalue weighted by Crippen LogP contribution is -2.12. The summed E-state index contributed by atoms with van der Waals surface area (Å²) in [6, 6.07) is 13.4. The molecule has 7 nitrogen and oxygen atoms in total. The van der Waals surface area contributed by atoms with Crippen LogP contribution in [0.2, 0.25) is 0 Å². The van der Waals surface area contributed by atoms with Gasteiger partial charge in [0.2, 0.25) is 0 Å². The van der Waals surface area contributed by atoms with Gasteiger partial charge in [-0.25, -0.2) is 9.59 Å². The standard InChI is InChI=1S/C19H16N2O5/c1-11-8-13(4-7-17(11)22)16-9-15(20-19(25)21-16)12-2-5-14(6-3-12)26-10-18(23)24/h2-9,22H,10H2,1H3,(H,23,24)(H,20,21,25). The van der Waals surface area contributed by atoms with Gasteiger partial charge in [-0.05, 0) is 66.6 Å². The highest BCUT2D eigenvalue weighted by Gasteiger charge is 2.08. The molecule has 26 heavy (non-hydrogen) atoms. The molecule has 0 bridgehead atoms. The highest BCUT2D eigenvalue weighted by Crippen LogP contribution is 2.26. The van der Waals surface area contributed by atoms with Gasteiger partial charge in [-0.1, -0.05) is 0 Å². The first-order chi connectivity index (χ1) is 12.4. The van der Waals surface area contributed by atoms with Crippen LogP contribution in [0.25, 0.3) is 22.5 Å². The normalized spacial score (nSPS) is 10.5. The van der Waals surface area contributed by atoms with Crippen LogP contribution >= 0.6 is 0 Å². The number of benzene rings is 2. The quantitative estimate of drug-likeness (QED) is 0.650. The topological polar surface area (TPSA) is 113 Å². The van der Waals surface area contributed by atoms with Gasteiger partial charge >= 0.3 is 11.7 Å². The Hall–Kier alpha value is -3.61. The van der Waals surface area contributed by atoms with Gasteiger partial charge in [-0.15, -0.1) is 0 Å². The van der Waals surface area contributed by atoms with Crippen molar-refractivity contribution in [2.45, 2.75) is 6.92 Å². The van der Waals surface area contributed by atoms with Crippen LogP contribution in [0.3, 0.4) is 0 Å². The lowest BCUT2D eigenvalue weighted by molar-refractivity contribution is -0.139. The number of nitrogens with zero attached hydrogens (tertiary/aromatic N) is 1. The zero-order valence-electron chi connectivity index (χ0n) is 13.9. The summed E-state index contributed by atoms with van der Waals surface area (Å²) in [5.74, 6) is -0.459. The molecule has 0 aliphatic carbocycles. The van der Waals surface area contributed by atoms with Crippen molar-refractivity contribution in [1.29, 1.82) is 0 Å². The fraction of sp³-hybridized carbons (Fsp3) is 0.105. The second-order valence-electron chi connectivity index (χ2n) is 5.69. The van der Waals surface area contributed by atoms with Gasteiger partial charge in [0, 0.05) is 5.56 Å². The number of phenolic OH excluding ortho intramolecular Hbond substituents is 1. The van der Waals surface area contributed by atoms with Crippen LogP contribution in [-0.2, 0) is 4.79 Å². The predicted octanol–water partition coefficient (Wildman–Crippen LogP) is 2.58. The minimum absolute atomic E-state index is 0.177. The highest BCUT2D eigenvalue weighted by molar-refractivity contribution is 5.70. The number of aryl methyl sites for hydroxylation is 1. The van der Waals surface area contributed by atoms with Crippen LogP contribution in [0.15, 0.2) is 53.3 Å². The molecule has 7 heteroatoms. The van der Waals surface area contributed by atoms with E-state index in [-0.39, 0.29) is 5.75 Å². The smallest absolute Gasteiger partial charge is 0.345 e. The molecule has 0 aliphatic rings. The Labute approximate surface area is 148 Å². The number of aromatic nitrogens is 2. The molecule has 0 fully saturated rings. The van der Waals surface area contributed by atoms with Crippen molar-refractivity contribution in [3.63, 3.8) is 0 Å². The maximum atomic E-state index is 11.9. The third-order valence-electron chi connectivity index (χ3n) is 3.76. The molecule has 1 aromatic heterocycles. The Morgan fingerprint density at radius 3 is 2.46 bits per heavy atom. The summed E-state index contributed by atoms with van der Waals surface area (Å²) in [6.07, 6.45) is 0. The van der Waals surface area contributed by atoms with E-state index < -0.39 is 18.3 Å². The molecule has 0 amide bonds. The van der Waals surface area contributed by atoms with Gasteiger partial charge in [0.25, 0.3) is 0 Å². The Bertz CT molecular complexity index is 1010. The molecule has 0 spiro atoms. The number of rotatable bonds is 5. The highest BCUT2D eigenvalue weighted by atomic mass is 16.5. The monoisotopic (exact) mass is 352 g/mol. The molecule has 0 aliphatic heterocycles. The largest absolute Gasteiger partial charge is 0.508 e. The minimum Gasteiger partial charge on any atom is -0.508 e.